The van der Waals surface area contributed by atoms with Crippen LogP contribution >= 0.6 is 0 Å². The molecule has 0 fully saturated rings. The summed E-state index contributed by atoms with van der Waals surface area (Å²) in [5.41, 5.74) is 4.18. The maximum absolute atomic E-state index is 12.5. The van der Waals surface area contributed by atoms with Gasteiger partial charge in [-0.15, -0.1) is 0 Å². The largest absolute Gasteiger partial charge is 0.507 e. The molecule has 6 nitrogen and oxygen atoms in total. The van der Waals surface area contributed by atoms with E-state index < -0.39 is 0 Å². The Kier molecular flexibility index (Phi) is 4.95. The molecule has 0 saturated heterocycles. The molecule has 6 heteroatoms. The summed E-state index contributed by atoms with van der Waals surface area (Å²) in [5.74, 6) is -0.228. The Bertz CT molecular complexity index is 946. The second-order valence-electron chi connectivity index (χ2n) is 6.50. The first-order valence-electron chi connectivity index (χ1n) is 8.53. The molecule has 3 aromatic rings. The number of hydrogen-bond acceptors (Lipinski definition) is 5. The maximum Gasteiger partial charge on any atom is 0.340 e. The lowest BCUT2D eigenvalue weighted by Gasteiger charge is -2.16. The molecule has 0 unspecified atom stereocenters. The van der Waals surface area contributed by atoms with Crippen molar-refractivity contribution < 1.29 is 14.6 Å². The Morgan fingerprint density at radius 3 is 2.77 bits per heavy atom. The van der Waals surface area contributed by atoms with E-state index in [1.54, 1.807) is 19.3 Å². The molecule has 0 aliphatic heterocycles. The molecular formula is C20H23N3O3. The van der Waals surface area contributed by atoms with Crippen LogP contribution < -0.4 is 0 Å². The van der Waals surface area contributed by atoms with Crippen molar-refractivity contribution in [3.8, 4) is 16.9 Å². The number of ether oxygens (including phenoxy) is 1. The fraction of sp³-hybridized carbons (Fsp3) is 0.300. The second kappa shape index (κ2) is 7.17. The van der Waals surface area contributed by atoms with Gasteiger partial charge in [-0.05, 0) is 40.1 Å². The van der Waals surface area contributed by atoms with Gasteiger partial charge in [0.2, 0.25) is 0 Å². The van der Waals surface area contributed by atoms with Crippen molar-refractivity contribution in [3.63, 3.8) is 0 Å². The number of carbonyl (C=O) groups excluding carboxylic acids is 1. The molecular weight excluding hydrogens is 330 g/mol. The van der Waals surface area contributed by atoms with Crippen LogP contribution in [0, 0.1) is 6.92 Å². The van der Waals surface area contributed by atoms with Crippen molar-refractivity contribution >= 4 is 16.9 Å². The number of nitrogens with one attached hydrogen (secondary N) is 1. The number of fused-ring (bicyclic) bond motifs is 1. The minimum absolute atomic E-state index is 0.156. The summed E-state index contributed by atoms with van der Waals surface area (Å²) in [7, 11) is 3.84. The van der Waals surface area contributed by atoms with E-state index in [4.69, 9.17) is 4.74 Å². The van der Waals surface area contributed by atoms with Crippen LogP contribution in [0.3, 0.4) is 0 Å². The highest BCUT2D eigenvalue weighted by molar-refractivity contribution is 6.09. The smallest absolute Gasteiger partial charge is 0.340 e. The number of aryl methyl sites for hydroxylation is 1. The van der Waals surface area contributed by atoms with Crippen molar-refractivity contribution in [1.29, 1.82) is 0 Å². The number of aromatic nitrogens is 2. The van der Waals surface area contributed by atoms with E-state index in [-0.39, 0.29) is 11.7 Å². The summed E-state index contributed by atoms with van der Waals surface area (Å²) in [5, 5.41) is 11.7. The molecule has 26 heavy (non-hydrogen) atoms. The van der Waals surface area contributed by atoms with E-state index in [2.05, 4.69) is 9.97 Å². The van der Waals surface area contributed by atoms with E-state index in [1.165, 1.54) is 0 Å². The molecule has 0 spiro atoms. The van der Waals surface area contributed by atoms with E-state index in [9.17, 15) is 9.90 Å². The Morgan fingerprint density at radius 1 is 1.38 bits per heavy atom. The Hall–Kier alpha value is -2.86. The summed E-state index contributed by atoms with van der Waals surface area (Å²) in [6.07, 6.45) is 3.40. The monoisotopic (exact) mass is 353 g/mol. The second-order valence-corrected chi connectivity index (χ2v) is 6.50. The fourth-order valence-corrected chi connectivity index (χ4v) is 3.24. The van der Waals surface area contributed by atoms with Gasteiger partial charge in [0.05, 0.1) is 12.2 Å². The van der Waals surface area contributed by atoms with Gasteiger partial charge in [0.1, 0.15) is 5.75 Å². The van der Waals surface area contributed by atoms with Gasteiger partial charge >= 0.3 is 5.97 Å². The minimum atomic E-state index is -0.384. The number of nitrogens with zero attached hydrogens (tertiary/aromatic N) is 2. The molecule has 136 valence electrons. The average Bonchev–Trinajstić information content (AvgIpc) is 2.94. The standard InChI is InChI=1S/C20H23N3O3/c1-5-26-20(25)17-12(2)22-16-9-14(13-7-6-8-21-10-13)19(24)15(18(16)17)11-23(3)4/h6-10,22,24H,5,11H2,1-4H3. The number of benzene rings is 1. The van der Waals surface area contributed by atoms with E-state index in [0.717, 1.165) is 16.8 Å². The van der Waals surface area contributed by atoms with Gasteiger partial charge in [-0.25, -0.2) is 4.79 Å². The van der Waals surface area contributed by atoms with Gasteiger partial charge in [0, 0.05) is 52.2 Å². The molecule has 0 saturated carbocycles. The zero-order chi connectivity index (χ0) is 18.8. The average molecular weight is 353 g/mol. The first-order valence-corrected chi connectivity index (χ1v) is 8.53. The summed E-state index contributed by atoms with van der Waals surface area (Å²) in [6, 6.07) is 5.58. The lowest BCUT2D eigenvalue weighted by atomic mass is 9.96. The molecule has 0 amide bonds. The van der Waals surface area contributed by atoms with Crippen molar-refractivity contribution in [3.05, 3.63) is 47.4 Å². The number of pyridine rings is 1. The zero-order valence-electron chi connectivity index (χ0n) is 15.5. The van der Waals surface area contributed by atoms with E-state index >= 15 is 0 Å². The van der Waals surface area contributed by atoms with Crippen LogP contribution in [0.2, 0.25) is 0 Å². The lowest BCUT2D eigenvalue weighted by Crippen LogP contribution is -2.13. The van der Waals surface area contributed by atoms with Crippen LogP contribution in [0.15, 0.2) is 30.6 Å². The van der Waals surface area contributed by atoms with Gasteiger partial charge in [-0.2, -0.15) is 0 Å². The third kappa shape index (κ3) is 3.15. The van der Waals surface area contributed by atoms with Crippen molar-refractivity contribution in [2.24, 2.45) is 0 Å². The van der Waals surface area contributed by atoms with Crippen LogP contribution in [0.1, 0.15) is 28.5 Å². The van der Waals surface area contributed by atoms with Gasteiger partial charge in [-0.3, -0.25) is 4.98 Å². The molecule has 2 heterocycles. The summed E-state index contributed by atoms with van der Waals surface area (Å²) in [6.45, 7) is 4.40. The molecule has 0 atom stereocenters. The third-order valence-electron chi connectivity index (χ3n) is 4.27. The quantitative estimate of drug-likeness (QED) is 0.687. The number of H-pyrrole nitrogens is 1. The molecule has 0 aliphatic rings. The number of carbonyl (C=O) groups is 1. The van der Waals surface area contributed by atoms with Gasteiger partial charge < -0.3 is 19.7 Å². The highest BCUT2D eigenvalue weighted by Crippen LogP contribution is 2.40. The van der Waals surface area contributed by atoms with Crippen LogP contribution in [0.4, 0.5) is 0 Å². The summed E-state index contributed by atoms with van der Waals surface area (Å²) in [4.78, 5) is 21.9. The highest BCUT2D eigenvalue weighted by atomic mass is 16.5. The van der Waals surface area contributed by atoms with Gasteiger partial charge in [-0.1, -0.05) is 6.07 Å². The van der Waals surface area contributed by atoms with Crippen LogP contribution in [0.5, 0.6) is 5.75 Å². The van der Waals surface area contributed by atoms with Crippen LogP contribution in [-0.2, 0) is 11.3 Å². The highest BCUT2D eigenvalue weighted by Gasteiger charge is 2.24. The molecule has 3 rings (SSSR count). The number of rotatable bonds is 5. The van der Waals surface area contributed by atoms with Crippen molar-refractivity contribution in [2.75, 3.05) is 20.7 Å². The van der Waals surface area contributed by atoms with Crippen LogP contribution in [-0.4, -0.2) is 46.6 Å². The van der Waals surface area contributed by atoms with E-state index in [1.807, 2.05) is 44.1 Å². The zero-order valence-corrected chi connectivity index (χ0v) is 15.5. The number of phenolic OH excluding ortho intramolecular Hbond substituents is 1. The number of esters is 1. The molecule has 0 bridgehead atoms. The molecule has 0 radical (unpaired) electrons. The normalized spacial score (nSPS) is 11.3. The molecule has 2 N–H and O–H groups in total. The fourth-order valence-electron chi connectivity index (χ4n) is 3.24. The minimum Gasteiger partial charge on any atom is -0.507 e. The lowest BCUT2D eigenvalue weighted by molar-refractivity contribution is 0.0528. The number of hydrogen-bond donors (Lipinski definition) is 2. The molecule has 2 aromatic heterocycles. The predicted molar refractivity (Wildman–Crippen MR) is 101 cm³/mol. The van der Waals surface area contributed by atoms with Crippen molar-refractivity contribution in [2.45, 2.75) is 20.4 Å². The van der Waals surface area contributed by atoms with Gasteiger partial charge in [0.25, 0.3) is 0 Å². The van der Waals surface area contributed by atoms with Crippen LogP contribution in [0.25, 0.3) is 22.0 Å². The predicted octanol–water partition coefficient (Wildman–Crippen LogP) is 3.48. The number of aromatic amines is 1. The Balaban J connectivity index is 2.33. The van der Waals surface area contributed by atoms with E-state index in [0.29, 0.717) is 35.2 Å². The Morgan fingerprint density at radius 2 is 2.15 bits per heavy atom. The summed E-state index contributed by atoms with van der Waals surface area (Å²) < 4.78 is 5.23. The third-order valence-corrected chi connectivity index (χ3v) is 4.27. The number of aromatic hydroxyl groups is 1. The first kappa shape index (κ1) is 17.9. The SMILES string of the molecule is CCOC(=O)c1c(C)[nH]c2cc(-c3cccnc3)c(O)c(CN(C)C)c12. The Labute approximate surface area is 152 Å². The topological polar surface area (TPSA) is 78.5 Å². The summed E-state index contributed by atoms with van der Waals surface area (Å²) >= 11 is 0. The maximum atomic E-state index is 12.5. The molecule has 1 aromatic carbocycles. The van der Waals surface area contributed by atoms with Gasteiger partial charge in [0.15, 0.2) is 0 Å². The first-order chi connectivity index (χ1) is 12.4. The number of phenols is 1. The van der Waals surface area contributed by atoms with Crippen molar-refractivity contribution in [1.82, 2.24) is 14.9 Å². The molecule has 0 aliphatic carbocycles.